The number of aromatic nitrogens is 2. The minimum atomic E-state index is 0.0713. The van der Waals surface area contributed by atoms with E-state index in [1.54, 1.807) is 11.3 Å². The Bertz CT molecular complexity index is 857. The summed E-state index contributed by atoms with van der Waals surface area (Å²) in [6.07, 6.45) is 5.44. The van der Waals surface area contributed by atoms with Gasteiger partial charge in [-0.05, 0) is 49.0 Å². The van der Waals surface area contributed by atoms with E-state index in [0.29, 0.717) is 5.82 Å². The molecule has 4 rings (SSSR count). The Morgan fingerprint density at radius 2 is 2.04 bits per heavy atom. The van der Waals surface area contributed by atoms with Gasteiger partial charge in [0.05, 0.1) is 10.4 Å². The van der Waals surface area contributed by atoms with E-state index < -0.39 is 0 Å². The van der Waals surface area contributed by atoms with Crippen molar-refractivity contribution in [3.05, 3.63) is 42.2 Å². The lowest BCUT2D eigenvalue weighted by Gasteiger charge is -2.21. The summed E-state index contributed by atoms with van der Waals surface area (Å²) in [6, 6.07) is 8.18. The van der Waals surface area contributed by atoms with Crippen molar-refractivity contribution in [1.29, 1.82) is 0 Å². The van der Waals surface area contributed by atoms with Crippen molar-refractivity contribution in [3.8, 4) is 10.4 Å². The number of carbonyl (C=O) groups is 1. The van der Waals surface area contributed by atoms with Gasteiger partial charge in [-0.1, -0.05) is 12.1 Å². The fourth-order valence-electron chi connectivity index (χ4n) is 3.03. The van der Waals surface area contributed by atoms with Gasteiger partial charge in [-0.15, -0.1) is 11.3 Å². The molecule has 1 saturated heterocycles. The maximum Gasteiger partial charge on any atom is 0.228 e. The number of nitrogens with zero attached hydrogens (tertiary/aromatic N) is 2. The van der Waals surface area contributed by atoms with Crippen LogP contribution in [0.25, 0.3) is 21.2 Å². The second-order valence-electron chi connectivity index (χ2n) is 6.01. The van der Waals surface area contributed by atoms with Crippen LogP contribution in [0.3, 0.4) is 0 Å². The Morgan fingerprint density at radius 3 is 2.83 bits per heavy atom. The van der Waals surface area contributed by atoms with Crippen molar-refractivity contribution in [2.45, 2.75) is 12.8 Å². The molecule has 2 aromatic heterocycles. The maximum absolute atomic E-state index is 12.4. The van der Waals surface area contributed by atoms with Gasteiger partial charge in [0.1, 0.15) is 5.82 Å². The van der Waals surface area contributed by atoms with Gasteiger partial charge in [0.2, 0.25) is 5.91 Å². The van der Waals surface area contributed by atoms with Gasteiger partial charge < -0.3 is 10.6 Å². The molecule has 3 heterocycles. The van der Waals surface area contributed by atoms with Crippen LogP contribution in [0.5, 0.6) is 0 Å². The zero-order chi connectivity index (χ0) is 16.4. The molecule has 0 bridgehead atoms. The van der Waals surface area contributed by atoms with E-state index in [4.69, 9.17) is 0 Å². The van der Waals surface area contributed by atoms with Gasteiger partial charge in [-0.2, -0.15) is 0 Å². The number of hydrogen-bond donors (Lipinski definition) is 2. The van der Waals surface area contributed by atoms with E-state index >= 15 is 0 Å². The van der Waals surface area contributed by atoms with Gasteiger partial charge in [0.15, 0.2) is 0 Å². The molecule has 1 amide bonds. The third kappa shape index (κ3) is 3.16. The van der Waals surface area contributed by atoms with Crippen LogP contribution < -0.4 is 10.6 Å². The number of thiazole rings is 1. The summed E-state index contributed by atoms with van der Waals surface area (Å²) >= 11 is 1.62. The van der Waals surface area contributed by atoms with Crippen LogP contribution in [0.1, 0.15) is 12.8 Å². The lowest BCUT2D eigenvalue weighted by Crippen LogP contribution is -2.34. The molecule has 0 saturated carbocycles. The van der Waals surface area contributed by atoms with Gasteiger partial charge in [0.25, 0.3) is 0 Å². The summed E-state index contributed by atoms with van der Waals surface area (Å²) in [4.78, 5) is 22.0. The molecule has 0 radical (unpaired) electrons. The van der Waals surface area contributed by atoms with Crippen LogP contribution in [0.4, 0.5) is 5.82 Å². The van der Waals surface area contributed by atoms with Crippen molar-refractivity contribution < 1.29 is 4.79 Å². The summed E-state index contributed by atoms with van der Waals surface area (Å²) in [7, 11) is 0. The average Bonchev–Trinajstić information content (AvgIpc) is 3.16. The highest BCUT2D eigenvalue weighted by Crippen LogP contribution is 2.28. The predicted octanol–water partition coefficient (Wildman–Crippen LogP) is 3.30. The number of amides is 1. The van der Waals surface area contributed by atoms with Gasteiger partial charge in [0, 0.05) is 23.7 Å². The van der Waals surface area contributed by atoms with Crippen molar-refractivity contribution in [2.24, 2.45) is 5.92 Å². The van der Waals surface area contributed by atoms with Crippen LogP contribution >= 0.6 is 11.3 Å². The molecule has 6 heteroatoms. The number of piperidine rings is 1. The number of benzene rings is 1. The fraction of sp³-hybridized carbons (Fsp3) is 0.278. The first-order chi connectivity index (χ1) is 11.8. The van der Waals surface area contributed by atoms with Gasteiger partial charge in [-0.25, -0.2) is 4.98 Å². The highest BCUT2D eigenvalue weighted by molar-refractivity contribution is 7.13. The van der Waals surface area contributed by atoms with Crippen LogP contribution in [-0.4, -0.2) is 29.0 Å². The Hall–Kier alpha value is -2.31. The number of nitrogens with one attached hydrogen (secondary N) is 2. The molecule has 1 fully saturated rings. The van der Waals surface area contributed by atoms with E-state index in [1.807, 2.05) is 24.0 Å². The van der Waals surface area contributed by atoms with Crippen molar-refractivity contribution in [3.63, 3.8) is 0 Å². The largest absolute Gasteiger partial charge is 0.317 e. The number of pyridine rings is 1. The highest BCUT2D eigenvalue weighted by Gasteiger charge is 2.21. The van der Waals surface area contributed by atoms with Crippen LogP contribution in [-0.2, 0) is 4.79 Å². The number of rotatable bonds is 3. The van der Waals surface area contributed by atoms with Crippen molar-refractivity contribution in [2.75, 3.05) is 18.4 Å². The van der Waals surface area contributed by atoms with Gasteiger partial charge in [-0.3, -0.25) is 9.78 Å². The topological polar surface area (TPSA) is 66.9 Å². The number of carbonyl (C=O) groups excluding carboxylic acids is 1. The molecule has 0 spiro atoms. The molecule has 1 aliphatic heterocycles. The number of anilines is 1. The van der Waals surface area contributed by atoms with Crippen LogP contribution in [0, 0.1) is 5.92 Å². The smallest absolute Gasteiger partial charge is 0.228 e. The molecule has 0 unspecified atom stereocenters. The van der Waals surface area contributed by atoms with Crippen molar-refractivity contribution in [1.82, 2.24) is 15.3 Å². The van der Waals surface area contributed by atoms with E-state index in [-0.39, 0.29) is 11.8 Å². The van der Waals surface area contributed by atoms with E-state index in [9.17, 15) is 4.79 Å². The zero-order valence-electron chi connectivity index (χ0n) is 13.2. The molecule has 2 N–H and O–H groups in total. The molecule has 1 aromatic carbocycles. The summed E-state index contributed by atoms with van der Waals surface area (Å²) in [5.41, 5.74) is 2.96. The SMILES string of the molecule is O=C(Nc1cc2cc(-c3cncs3)ccc2cn1)C1CCNCC1. The minimum absolute atomic E-state index is 0.0713. The quantitative estimate of drug-likeness (QED) is 0.769. The lowest BCUT2D eigenvalue weighted by molar-refractivity contribution is -0.120. The predicted molar refractivity (Wildman–Crippen MR) is 97.1 cm³/mol. The Kier molecular flexibility index (Phi) is 4.23. The molecule has 24 heavy (non-hydrogen) atoms. The Balaban J connectivity index is 1.58. The first kappa shape index (κ1) is 15.2. The molecule has 0 atom stereocenters. The second kappa shape index (κ2) is 6.67. The van der Waals surface area contributed by atoms with E-state index in [1.165, 1.54) is 0 Å². The molecule has 5 nitrogen and oxygen atoms in total. The second-order valence-corrected chi connectivity index (χ2v) is 6.90. The van der Waals surface area contributed by atoms with E-state index in [0.717, 1.165) is 47.1 Å². The molecule has 3 aromatic rings. The monoisotopic (exact) mass is 338 g/mol. The molecule has 122 valence electrons. The van der Waals surface area contributed by atoms with Crippen LogP contribution in [0.2, 0.25) is 0 Å². The molecule has 1 aliphatic rings. The highest BCUT2D eigenvalue weighted by atomic mass is 32.1. The Labute approximate surface area is 144 Å². The summed E-state index contributed by atoms with van der Waals surface area (Å²) in [5.74, 6) is 0.765. The fourth-order valence-corrected chi connectivity index (χ4v) is 3.65. The molecule has 0 aliphatic carbocycles. The first-order valence-corrected chi connectivity index (χ1v) is 8.98. The first-order valence-electron chi connectivity index (χ1n) is 8.10. The Morgan fingerprint density at radius 1 is 1.17 bits per heavy atom. The van der Waals surface area contributed by atoms with E-state index in [2.05, 4.69) is 38.8 Å². The maximum atomic E-state index is 12.4. The summed E-state index contributed by atoms with van der Waals surface area (Å²) < 4.78 is 0. The molecular formula is C18H18N4OS. The lowest BCUT2D eigenvalue weighted by atomic mass is 9.97. The molecular weight excluding hydrogens is 320 g/mol. The minimum Gasteiger partial charge on any atom is -0.317 e. The third-order valence-electron chi connectivity index (χ3n) is 4.40. The van der Waals surface area contributed by atoms with Crippen LogP contribution in [0.15, 0.2) is 42.2 Å². The number of hydrogen-bond acceptors (Lipinski definition) is 5. The third-order valence-corrected chi connectivity index (χ3v) is 5.22. The normalized spacial score (nSPS) is 15.5. The summed E-state index contributed by atoms with van der Waals surface area (Å²) in [5, 5.41) is 8.37. The number of fused-ring (bicyclic) bond motifs is 1. The average molecular weight is 338 g/mol. The standard InChI is InChI=1S/C18H18N4OS/c23-18(12-3-5-19-6-4-12)22-17-8-15-7-13(16-10-20-11-24-16)1-2-14(15)9-21-17/h1-2,7-12,19H,3-6H2,(H,21,22,23). The summed E-state index contributed by atoms with van der Waals surface area (Å²) in [6.45, 7) is 1.81. The van der Waals surface area contributed by atoms with Gasteiger partial charge >= 0.3 is 0 Å². The zero-order valence-corrected chi connectivity index (χ0v) is 14.0. The van der Waals surface area contributed by atoms with Crippen molar-refractivity contribution >= 4 is 33.8 Å².